The van der Waals surface area contributed by atoms with Crippen molar-refractivity contribution in [3.63, 3.8) is 0 Å². The first-order chi connectivity index (χ1) is 10.2. The number of hydrogen-bond donors (Lipinski definition) is 2. The minimum absolute atomic E-state index is 0.0584. The summed E-state index contributed by atoms with van der Waals surface area (Å²) in [5.41, 5.74) is 1.13. The first-order valence-corrected chi connectivity index (χ1v) is 6.75. The zero-order chi connectivity index (χ0) is 14.7. The zero-order valence-corrected chi connectivity index (χ0v) is 11.3. The van der Waals surface area contributed by atoms with E-state index in [1.807, 2.05) is 18.2 Å². The summed E-state index contributed by atoms with van der Waals surface area (Å²) >= 11 is 0. The maximum Gasteiger partial charge on any atom is 0.356 e. The van der Waals surface area contributed by atoms with Crippen LogP contribution in [0.4, 0.5) is 5.82 Å². The third kappa shape index (κ3) is 2.94. The molecular formula is C15H15N3O3. The first-order valence-electron chi connectivity index (χ1n) is 6.75. The highest BCUT2D eigenvalue weighted by molar-refractivity contribution is 5.84. The van der Waals surface area contributed by atoms with Crippen molar-refractivity contribution in [2.75, 3.05) is 18.5 Å². The summed E-state index contributed by atoms with van der Waals surface area (Å²) in [6, 6.07) is 8.01. The van der Waals surface area contributed by atoms with Crippen LogP contribution >= 0.6 is 0 Å². The summed E-state index contributed by atoms with van der Waals surface area (Å²) in [6.07, 6.45) is 3.63. The third-order valence-corrected chi connectivity index (χ3v) is 3.48. The van der Waals surface area contributed by atoms with Crippen molar-refractivity contribution in [1.29, 1.82) is 0 Å². The second-order valence-electron chi connectivity index (χ2n) is 4.84. The average molecular weight is 285 g/mol. The van der Waals surface area contributed by atoms with E-state index >= 15 is 0 Å². The van der Waals surface area contributed by atoms with Crippen molar-refractivity contribution in [2.45, 2.75) is 12.3 Å². The molecule has 0 amide bonds. The summed E-state index contributed by atoms with van der Waals surface area (Å²) in [6.45, 7) is 1.41. The van der Waals surface area contributed by atoms with Crippen molar-refractivity contribution in [3.05, 3.63) is 47.9 Å². The van der Waals surface area contributed by atoms with Crippen molar-refractivity contribution in [3.8, 4) is 5.75 Å². The molecule has 6 heteroatoms. The number of fused-ring (bicyclic) bond motifs is 1. The van der Waals surface area contributed by atoms with Gasteiger partial charge < -0.3 is 15.2 Å². The Morgan fingerprint density at radius 3 is 2.95 bits per heavy atom. The molecule has 6 nitrogen and oxygen atoms in total. The lowest BCUT2D eigenvalue weighted by molar-refractivity contribution is 0.0690. The highest BCUT2D eigenvalue weighted by Crippen LogP contribution is 2.33. The Kier molecular flexibility index (Phi) is 3.68. The fraction of sp³-hybridized carbons (Fsp3) is 0.267. The average Bonchev–Trinajstić information content (AvgIpc) is 2.53. The van der Waals surface area contributed by atoms with E-state index in [0.29, 0.717) is 24.9 Å². The molecule has 1 unspecified atom stereocenters. The summed E-state index contributed by atoms with van der Waals surface area (Å²) < 4.78 is 5.63. The SMILES string of the molecule is O=C(O)c1cnc(NCC2CCOc3ccccc32)cn1. The number of carboxylic acids is 1. The quantitative estimate of drug-likeness (QED) is 0.895. The van der Waals surface area contributed by atoms with E-state index in [-0.39, 0.29) is 5.69 Å². The Hall–Kier alpha value is -2.63. The van der Waals surface area contributed by atoms with Crippen molar-refractivity contribution >= 4 is 11.8 Å². The molecule has 0 aliphatic carbocycles. The van der Waals surface area contributed by atoms with Crippen LogP contribution < -0.4 is 10.1 Å². The Bertz CT molecular complexity index is 643. The van der Waals surface area contributed by atoms with Crippen LogP contribution in [0.5, 0.6) is 5.75 Å². The number of nitrogens with one attached hydrogen (secondary N) is 1. The number of benzene rings is 1. The van der Waals surface area contributed by atoms with E-state index in [1.54, 1.807) is 0 Å². The molecule has 3 rings (SSSR count). The Morgan fingerprint density at radius 1 is 1.33 bits per heavy atom. The van der Waals surface area contributed by atoms with Gasteiger partial charge >= 0.3 is 5.97 Å². The van der Waals surface area contributed by atoms with Gasteiger partial charge in [0.25, 0.3) is 0 Å². The maximum atomic E-state index is 10.7. The van der Waals surface area contributed by atoms with Gasteiger partial charge in [0.2, 0.25) is 0 Å². The van der Waals surface area contributed by atoms with Crippen LogP contribution in [0.25, 0.3) is 0 Å². The second kappa shape index (κ2) is 5.78. The molecule has 0 saturated heterocycles. The number of para-hydroxylation sites is 1. The largest absolute Gasteiger partial charge is 0.493 e. The van der Waals surface area contributed by atoms with Crippen LogP contribution in [0, 0.1) is 0 Å². The number of ether oxygens (including phenoxy) is 1. The molecule has 2 N–H and O–H groups in total. The molecule has 0 radical (unpaired) electrons. The lowest BCUT2D eigenvalue weighted by Crippen LogP contribution is -2.21. The Labute approximate surface area is 121 Å². The number of anilines is 1. The van der Waals surface area contributed by atoms with Crippen molar-refractivity contribution < 1.29 is 14.6 Å². The topological polar surface area (TPSA) is 84.3 Å². The predicted octanol–water partition coefficient (Wildman–Crippen LogP) is 2.15. The number of aromatic nitrogens is 2. The summed E-state index contributed by atoms with van der Waals surface area (Å²) in [5.74, 6) is 0.773. The molecule has 0 saturated carbocycles. The van der Waals surface area contributed by atoms with E-state index in [9.17, 15) is 4.79 Å². The normalized spacial score (nSPS) is 16.7. The minimum Gasteiger partial charge on any atom is -0.493 e. The van der Waals surface area contributed by atoms with E-state index in [4.69, 9.17) is 9.84 Å². The predicted molar refractivity (Wildman–Crippen MR) is 76.8 cm³/mol. The zero-order valence-electron chi connectivity index (χ0n) is 11.3. The molecule has 2 aromatic rings. The summed E-state index contributed by atoms with van der Waals surface area (Å²) in [7, 11) is 0. The highest BCUT2D eigenvalue weighted by atomic mass is 16.5. The van der Waals surface area contributed by atoms with Crippen LogP contribution in [-0.2, 0) is 0 Å². The van der Waals surface area contributed by atoms with Gasteiger partial charge in [-0.15, -0.1) is 0 Å². The van der Waals surface area contributed by atoms with Gasteiger partial charge in [-0.05, 0) is 18.1 Å². The molecule has 108 valence electrons. The Balaban J connectivity index is 1.67. The number of aromatic carboxylic acids is 1. The molecule has 0 spiro atoms. The second-order valence-corrected chi connectivity index (χ2v) is 4.84. The maximum absolute atomic E-state index is 10.7. The van der Waals surface area contributed by atoms with Gasteiger partial charge in [-0.2, -0.15) is 0 Å². The Morgan fingerprint density at radius 2 is 2.19 bits per heavy atom. The molecule has 1 aromatic carbocycles. The van der Waals surface area contributed by atoms with Gasteiger partial charge in [-0.3, -0.25) is 0 Å². The van der Waals surface area contributed by atoms with Crippen molar-refractivity contribution in [1.82, 2.24) is 9.97 Å². The van der Waals surface area contributed by atoms with E-state index < -0.39 is 5.97 Å². The van der Waals surface area contributed by atoms with Crippen LogP contribution in [0.2, 0.25) is 0 Å². The van der Waals surface area contributed by atoms with Gasteiger partial charge in [0.05, 0.1) is 19.0 Å². The van der Waals surface area contributed by atoms with E-state index in [0.717, 1.165) is 12.2 Å². The molecule has 1 atom stereocenters. The summed E-state index contributed by atoms with van der Waals surface area (Å²) in [5, 5.41) is 12.0. The third-order valence-electron chi connectivity index (χ3n) is 3.48. The minimum atomic E-state index is -1.08. The van der Waals surface area contributed by atoms with Crippen LogP contribution in [0.15, 0.2) is 36.7 Å². The molecular weight excluding hydrogens is 270 g/mol. The van der Waals surface area contributed by atoms with Crippen molar-refractivity contribution in [2.24, 2.45) is 0 Å². The van der Waals surface area contributed by atoms with E-state index in [1.165, 1.54) is 18.0 Å². The monoisotopic (exact) mass is 285 g/mol. The number of hydrogen-bond acceptors (Lipinski definition) is 5. The van der Waals surface area contributed by atoms with E-state index in [2.05, 4.69) is 21.4 Å². The smallest absolute Gasteiger partial charge is 0.356 e. The van der Waals surface area contributed by atoms with Gasteiger partial charge in [-0.25, -0.2) is 14.8 Å². The lowest BCUT2D eigenvalue weighted by Gasteiger charge is -2.26. The number of nitrogens with zero attached hydrogens (tertiary/aromatic N) is 2. The van der Waals surface area contributed by atoms with Gasteiger partial charge in [0, 0.05) is 12.5 Å². The molecule has 1 aliphatic rings. The fourth-order valence-electron chi connectivity index (χ4n) is 2.39. The highest BCUT2D eigenvalue weighted by Gasteiger charge is 2.20. The molecule has 1 aromatic heterocycles. The van der Waals surface area contributed by atoms with Crippen LogP contribution in [-0.4, -0.2) is 34.2 Å². The molecule has 21 heavy (non-hydrogen) atoms. The fourth-order valence-corrected chi connectivity index (χ4v) is 2.39. The number of carbonyl (C=O) groups is 1. The lowest BCUT2D eigenvalue weighted by atomic mass is 9.93. The van der Waals surface area contributed by atoms with Gasteiger partial charge in [-0.1, -0.05) is 18.2 Å². The molecule has 1 aliphatic heterocycles. The summed E-state index contributed by atoms with van der Waals surface area (Å²) in [4.78, 5) is 18.6. The standard InChI is InChI=1S/C15H15N3O3/c19-15(20)12-8-18-14(9-16-12)17-7-10-5-6-21-13-4-2-1-3-11(10)13/h1-4,8-10H,5-7H2,(H,17,18)(H,19,20). The molecule has 0 fully saturated rings. The van der Waals surface area contributed by atoms with Gasteiger partial charge in [0.15, 0.2) is 5.69 Å². The van der Waals surface area contributed by atoms with Crippen LogP contribution in [0.1, 0.15) is 28.4 Å². The molecule has 2 heterocycles. The van der Waals surface area contributed by atoms with Crippen LogP contribution in [0.3, 0.4) is 0 Å². The molecule has 0 bridgehead atoms. The number of carboxylic acid groups (broad SMARTS) is 1. The van der Waals surface area contributed by atoms with Gasteiger partial charge in [0.1, 0.15) is 11.6 Å². The first kappa shape index (κ1) is 13.4. The number of rotatable bonds is 4.